The second kappa shape index (κ2) is 5.47. The Balaban J connectivity index is 1.95. The number of carbonyl (C=O) groups excluding carboxylic acids is 1. The molecule has 0 bridgehead atoms. The summed E-state index contributed by atoms with van der Waals surface area (Å²) in [5.74, 6) is 0.971. The zero-order valence-corrected chi connectivity index (χ0v) is 13.0. The highest BCUT2D eigenvalue weighted by Gasteiger charge is 2.46. The van der Waals surface area contributed by atoms with Gasteiger partial charge in [-0.1, -0.05) is 15.9 Å². The summed E-state index contributed by atoms with van der Waals surface area (Å²) in [4.78, 5) is 12.5. The fourth-order valence-corrected chi connectivity index (χ4v) is 3.42. The highest BCUT2D eigenvalue weighted by atomic mass is 79.9. The summed E-state index contributed by atoms with van der Waals surface area (Å²) in [6.45, 7) is 1.44. The summed E-state index contributed by atoms with van der Waals surface area (Å²) < 4.78 is 12.7. The Bertz CT molecular complexity index is 528. The van der Waals surface area contributed by atoms with Crippen LogP contribution in [0.2, 0.25) is 0 Å². The van der Waals surface area contributed by atoms with E-state index in [4.69, 9.17) is 9.47 Å². The molecule has 0 aromatic heterocycles. The summed E-state index contributed by atoms with van der Waals surface area (Å²) in [5.41, 5.74) is 0.0141. The summed E-state index contributed by atoms with van der Waals surface area (Å²) in [6, 6.07) is 5.58. The van der Waals surface area contributed by atoms with Gasteiger partial charge in [-0.15, -0.1) is 0 Å². The van der Waals surface area contributed by atoms with Crippen LogP contribution in [-0.4, -0.2) is 31.8 Å². The van der Waals surface area contributed by atoms with Gasteiger partial charge >= 0.3 is 0 Å². The van der Waals surface area contributed by atoms with Crippen molar-refractivity contribution in [1.29, 1.82) is 0 Å². The number of benzene rings is 1. The van der Waals surface area contributed by atoms with E-state index in [0.717, 1.165) is 23.9 Å². The van der Waals surface area contributed by atoms with Crippen molar-refractivity contribution in [2.75, 3.05) is 20.3 Å². The quantitative estimate of drug-likeness (QED) is 0.899. The molecule has 0 aliphatic carbocycles. The number of carbonyl (C=O) groups is 1. The summed E-state index contributed by atoms with van der Waals surface area (Å²) >= 11 is 3.40. The Morgan fingerprint density at radius 1 is 1.45 bits per heavy atom. The molecule has 0 amide bonds. The average molecular weight is 340 g/mol. The lowest BCUT2D eigenvalue weighted by Gasteiger charge is -2.44. The average Bonchev–Trinajstić information content (AvgIpc) is 2.49. The predicted octanol–water partition coefficient (Wildman–Crippen LogP) is 2.76. The van der Waals surface area contributed by atoms with Crippen LogP contribution in [0.5, 0.6) is 5.75 Å². The van der Waals surface area contributed by atoms with Gasteiger partial charge in [-0.25, -0.2) is 0 Å². The molecule has 4 nitrogen and oxygen atoms in total. The van der Waals surface area contributed by atoms with Crippen molar-refractivity contribution >= 4 is 21.7 Å². The first kappa shape index (κ1) is 14.0. The smallest absolute Gasteiger partial charge is 0.173 e. The predicted molar refractivity (Wildman–Crippen MR) is 79.1 cm³/mol. The third-order valence-electron chi connectivity index (χ3n) is 4.20. The Hall–Kier alpha value is -0.910. The fraction of sp³-hybridized carbons (Fsp3) is 0.533. The van der Waals surface area contributed by atoms with Crippen LogP contribution in [0.15, 0.2) is 22.7 Å². The third-order valence-corrected chi connectivity index (χ3v) is 4.69. The van der Waals surface area contributed by atoms with E-state index in [1.54, 1.807) is 0 Å². The lowest BCUT2D eigenvalue weighted by Crippen LogP contribution is -2.59. The lowest BCUT2D eigenvalue weighted by molar-refractivity contribution is -0.0818. The minimum Gasteiger partial charge on any atom is -0.471 e. The maximum absolute atomic E-state index is 12.5. The molecule has 2 aliphatic heterocycles. The van der Waals surface area contributed by atoms with E-state index in [2.05, 4.69) is 21.2 Å². The molecule has 108 valence electrons. The molecule has 0 saturated carbocycles. The van der Waals surface area contributed by atoms with E-state index in [0.29, 0.717) is 24.3 Å². The van der Waals surface area contributed by atoms with Crippen LogP contribution in [0.3, 0.4) is 0 Å². The van der Waals surface area contributed by atoms with Gasteiger partial charge in [-0.3, -0.25) is 10.1 Å². The Morgan fingerprint density at radius 3 is 3.00 bits per heavy atom. The molecule has 1 fully saturated rings. The van der Waals surface area contributed by atoms with Crippen LogP contribution in [0.4, 0.5) is 0 Å². The van der Waals surface area contributed by atoms with Gasteiger partial charge in [0, 0.05) is 17.0 Å². The molecule has 2 unspecified atom stereocenters. The van der Waals surface area contributed by atoms with Gasteiger partial charge in [0.15, 0.2) is 11.5 Å². The first-order valence-electron chi connectivity index (χ1n) is 6.93. The molecule has 3 rings (SSSR count). The SMILES string of the molecule is CNC1(C2CCCOC2)CC(=O)c2cc(Br)ccc2O1. The van der Waals surface area contributed by atoms with Crippen LogP contribution >= 0.6 is 15.9 Å². The minimum atomic E-state index is -0.641. The zero-order chi connectivity index (χ0) is 14.2. The first-order chi connectivity index (χ1) is 9.64. The van der Waals surface area contributed by atoms with Gasteiger partial charge in [0.2, 0.25) is 0 Å². The molecule has 20 heavy (non-hydrogen) atoms. The van der Waals surface area contributed by atoms with Gasteiger partial charge in [0.05, 0.1) is 18.6 Å². The highest BCUT2D eigenvalue weighted by molar-refractivity contribution is 9.10. The fourth-order valence-electron chi connectivity index (χ4n) is 3.05. The number of Topliss-reactive ketones (excluding diaryl/α,β-unsaturated/α-hetero) is 1. The van der Waals surface area contributed by atoms with Crippen LogP contribution in [0.25, 0.3) is 0 Å². The number of rotatable bonds is 2. The highest BCUT2D eigenvalue weighted by Crippen LogP contribution is 2.39. The molecule has 0 spiro atoms. The van der Waals surface area contributed by atoms with E-state index in [1.165, 1.54) is 0 Å². The van der Waals surface area contributed by atoms with Crippen molar-refractivity contribution < 1.29 is 14.3 Å². The number of hydrogen-bond acceptors (Lipinski definition) is 4. The second-order valence-corrected chi connectivity index (χ2v) is 6.31. The number of ketones is 1. The van der Waals surface area contributed by atoms with Crippen molar-refractivity contribution in [2.24, 2.45) is 5.92 Å². The number of hydrogen-bond donors (Lipinski definition) is 1. The van der Waals surface area contributed by atoms with Crippen molar-refractivity contribution in [3.63, 3.8) is 0 Å². The summed E-state index contributed by atoms with van der Waals surface area (Å²) in [7, 11) is 1.85. The largest absolute Gasteiger partial charge is 0.471 e. The normalized spacial score (nSPS) is 29.7. The molecule has 1 N–H and O–H groups in total. The van der Waals surface area contributed by atoms with Crippen LogP contribution in [0, 0.1) is 5.92 Å². The van der Waals surface area contributed by atoms with E-state index >= 15 is 0 Å². The number of halogens is 1. The Kier molecular flexibility index (Phi) is 3.84. The molecule has 2 heterocycles. The van der Waals surface area contributed by atoms with Crippen LogP contribution < -0.4 is 10.1 Å². The van der Waals surface area contributed by atoms with Crippen molar-refractivity contribution in [2.45, 2.75) is 25.0 Å². The van der Waals surface area contributed by atoms with Crippen LogP contribution in [0.1, 0.15) is 29.6 Å². The van der Waals surface area contributed by atoms with E-state index in [1.807, 2.05) is 25.2 Å². The lowest BCUT2D eigenvalue weighted by atomic mass is 9.83. The molecular weight excluding hydrogens is 322 g/mol. The zero-order valence-electron chi connectivity index (χ0n) is 11.4. The van der Waals surface area contributed by atoms with E-state index in [-0.39, 0.29) is 11.7 Å². The number of fused-ring (bicyclic) bond motifs is 1. The molecule has 1 aromatic rings. The molecular formula is C15H18BrNO3. The van der Waals surface area contributed by atoms with Gasteiger partial charge < -0.3 is 9.47 Å². The van der Waals surface area contributed by atoms with Gasteiger partial charge in [-0.2, -0.15) is 0 Å². The Morgan fingerprint density at radius 2 is 2.30 bits per heavy atom. The van der Waals surface area contributed by atoms with Crippen molar-refractivity contribution in [3.8, 4) is 5.75 Å². The molecule has 5 heteroatoms. The maximum Gasteiger partial charge on any atom is 0.173 e. The van der Waals surface area contributed by atoms with Crippen molar-refractivity contribution in [1.82, 2.24) is 5.32 Å². The minimum absolute atomic E-state index is 0.118. The molecule has 1 saturated heterocycles. The van der Waals surface area contributed by atoms with Gasteiger partial charge in [0.1, 0.15) is 5.75 Å². The number of nitrogens with one attached hydrogen (secondary N) is 1. The van der Waals surface area contributed by atoms with Crippen molar-refractivity contribution in [3.05, 3.63) is 28.2 Å². The summed E-state index contributed by atoms with van der Waals surface area (Å²) in [5, 5.41) is 3.24. The number of ether oxygens (including phenoxy) is 2. The van der Waals surface area contributed by atoms with Crippen LogP contribution in [-0.2, 0) is 4.74 Å². The van der Waals surface area contributed by atoms with Gasteiger partial charge in [0.25, 0.3) is 0 Å². The molecule has 2 aliphatic rings. The molecule has 2 atom stereocenters. The first-order valence-corrected chi connectivity index (χ1v) is 7.72. The molecule has 0 radical (unpaired) electrons. The third kappa shape index (κ3) is 2.38. The topological polar surface area (TPSA) is 47.6 Å². The second-order valence-electron chi connectivity index (χ2n) is 5.40. The maximum atomic E-state index is 12.5. The van der Waals surface area contributed by atoms with E-state index in [9.17, 15) is 4.79 Å². The van der Waals surface area contributed by atoms with E-state index < -0.39 is 5.72 Å². The Labute approximate surface area is 127 Å². The monoisotopic (exact) mass is 339 g/mol. The molecule has 1 aromatic carbocycles. The standard InChI is InChI=1S/C15H18BrNO3/c1-17-15(10-3-2-6-19-9-10)8-13(18)12-7-11(16)4-5-14(12)20-15/h4-5,7,10,17H,2-3,6,8-9H2,1H3. The van der Waals surface area contributed by atoms with Gasteiger partial charge in [-0.05, 0) is 38.1 Å². The summed E-state index contributed by atoms with van der Waals surface area (Å²) in [6.07, 6.45) is 2.37.